The Kier molecular flexibility index (Phi) is 6.64. The molecule has 6 nitrogen and oxygen atoms in total. The number of hydrogen-bond acceptors (Lipinski definition) is 4. The van der Waals surface area contributed by atoms with Crippen LogP contribution in [0, 0.1) is 0 Å². The molecule has 0 heterocycles. The maximum Gasteiger partial charge on any atom is 0.253 e. The number of sulfonamides is 1. The maximum absolute atomic E-state index is 12.3. The molecule has 1 aromatic carbocycles. The maximum atomic E-state index is 12.3. The lowest BCUT2D eigenvalue weighted by Crippen LogP contribution is -2.40. The summed E-state index contributed by atoms with van der Waals surface area (Å²) in [6.07, 6.45) is 3.86. The summed E-state index contributed by atoms with van der Waals surface area (Å²) in [5, 5.41) is 2.85. The second-order valence-electron chi connectivity index (χ2n) is 4.97. The molecule has 0 fully saturated rings. The highest BCUT2D eigenvalue weighted by atomic mass is 32.2. The van der Waals surface area contributed by atoms with Crippen LogP contribution >= 0.6 is 0 Å². The van der Waals surface area contributed by atoms with Crippen LogP contribution in [0.3, 0.4) is 0 Å². The van der Waals surface area contributed by atoms with E-state index in [4.69, 9.17) is 5.73 Å². The van der Waals surface area contributed by atoms with Crippen LogP contribution in [0.1, 0.15) is 36.5 Å². The molecule has 0 radical (unpaired) electrons. The zero-order valence-corrected chi connectivity index (χ0v) is 13.2. The zero-order valence-electron chi connectivity index (χ0n) is 12.4. The van der Waals surface area contributed by atoms with Gasteiger partial charge in [0.05, 0.1) is 17.5 Å². The van der Waals surface area contributed by atoms with Gasteiger partial charge in [-0.1, -0.05) is 31.9 Å². The van der Waals surface area contributed by atoms with Gasteiger partial charge in [0.2, 0.25) is 10.0 Å². The lowest BCUT2D eigenvalue weighted by molar-refractivity contribution is 0.0936. The van der Waals surface area contributed by atoms with Gasteiger partial charge in [-0.05, 0) is 18.6 Å². The third-order valence-corrected chi connectivity index (χ3v) is 3.58. The molecule has 0 aliphatic rings. The van der Waals surface area contributed by atoms with Crippen molar-refractivity contribution in [3.63, 3.8) is 0 Å². The number of hydrogen-bond donors (Lipinski definition) is 3. The Hall–Kier alpha value is -1.60. The monoisotopic (exact) mass is 313 g/mol. The lowest BCUT2D eigenvalue weighted by Gasteiger charge is -2.18. The Morgan fingerprint density at radius 3 is 2.57 bits per heavy atom. The van der Waals surface area contributed by atoms with Crippen molar-refractivity contribution in [3.05, 3.63) is 29.8 Å². The summed E-state index contributed by atoms with van der Waals surface area (Å²) < 4.78 is 25.0. The van der Waals surface area contributed by atoms with Crippen LogP contribution in [0.15, 0.2) is 24.3 Å². The van der Waals surface area contributed by atoms with Crippen LogP contribution in [-0.4, -0.2) is 33.2 Å². The predicted octanol–water partition coefficient (Wildman–Crippen LogP) is 1.31. The molecular weight excluding hydrogens is 290 g/mol. The van der Waals surface area contributed by atoms with E-state index in [9.17, 15) is 13.2 Å². The number of carbonyl (C=O) groups is 1. The summed E-state index contributed by atoms with van der Waals surface area (Å²) in [4.78, 5) is 12.3. The van der Waals surface area contributed by atoms with Gasteiger partial charge in [0.1, 0.15) is 0 Å². The highest BCUT2D eigenvalue weighted by molar-refractivity contribution is 7.92. The molecule has 0 aliphatic carbocycles. The van der Waals surface area contributed by atoms with Crippen molar-refractivity contribution in [1.29, 1.82) is 0 Å². The number of carbonyl (C=O) groups excluding carboxylic acids is 1. The molecule has 4 N–H and O–H groups in total. The van der Waals surface area contributed by atoms with Gasteiger partial charge in [0, 0.05) is 12.6 Å². The molecule has 7 heteroatoms. The number of nitrogens with two attached hydrogens (primary N) is 1. The minimum absolute atomic E-state index is 0.108. The molecule has 118 valence electrons. The number of para-hydroxylation sites is 1. The van der Waals surface area contributed by atoms with Crippen LogP contribution < -0.4 is 15.8 Å². The Labute approximate surface area is 126 Å². The predicted molar refractivity (Wildman–Crippen MR) is 84.7 cm³/mol. The third-order valence-electron chi connectivity index (χ3n) is 2.99. The fourth-order valence-electron chi connectivity index (χ4n) is 1.93. The van der Waals surface area contributed by atoms with Gasteiger partial charge in [-0.3, -0.25) is 9.52 Å². The summed E-state index contributed by atoms with van der Waals surface area (Å²) in [7, 11) is -3.44. The van der Waals surface area contributed by atoms with Crippen LogP contribution in [-0.2, 0) is 10.0 Å². The molecule has 0 saturated heterocycles. The van der Waals surface area contributed by atoms with Gasteiger partial charge in [-0.15, -0.1) is 0 Å². The van der Waals surface area contributed by atoms with Crippen molar-refractivity contribution in [2.45, 2.75) is 32.2 Å². The summed E-state index contributed by atoms with van der Waals surface area (Å²) >= 11 is 0. The van der Waals surface area contributed by atoms with E-state index in [0.717, 1.165) is 25.5 Å². The molecule has 1 unspecified atom stereocenters. The summed E-state index contributed by atoms with van der Waals surface area (Å²) in [6, 6.07) is 6.38. The third kappa shape index (κ3) is 6.14. The molecule has 0 bridgehead atoms. The minimum atomic E-state index is -3.44. The molecule has 0 spiro atoms. The lowest BCUT2D eigenvalue weighted by atomic mass is 10.1. The van der Waals surface area contributed by atoms with Gasteiger partial charge in [-0.2, -0.15) is 0 Å². The van der Waals surface area contributed by atoms with E-state index in [1.54, 1.807) is 24.3 Å². The average molecular weight is 313 g/mol. The first-order chi connectivity index (χ1) is 9.87. The summed E-state index contributed by atoms with van der Waals surface area (Å²) in [5.41, 5.74) is 6.21. The van der Waals surface area contributed by atoms with E-state index < -0.39 is 10.0 Å². The second-order valence-corrected chi connectivity index (χ2v) is 6.72. The standard InChI is InChI=1S/C14H23N3O3S/c1-3-4-7-11(10-15)16-14(18)12-8-5-6-9-13(12)17-21(2,19)20/h5-6,8-9,11,17H,3-4,7,10,15H2,1-2H3,(H,16,18). The first kappa shape index (κ1) is 17.5. The molecule has 1 amide bonds. The molecule has 0 aromatic heterocycles. The van der Waals surface area contributed by atoms with Crippen molar-refractivity contribution in [2.75, 3.05) is 17.5 Å². The number of anilines is 1. The Balaban J connectivity index is 2.86. The quantitative estimate of drug-likeness (QED) is 0.673. The summed E-state index contributed by atoms with van der Waals surface area (Å²) in [5.74, 6) is -0.326. The van der Waals surface area contributed by atoms with Crippen molar-refractivity contribution in [3.8, 4) is 0 Å². The van der Waals surface area contributed by atoms with Crippen molar-refractivity contribution >= 4 is 21.6 Å². The Bertz CT molecular complexity index is 573. The van der Waals surface area contributed by atoms with Crippen LogP contribution in [0.5, 0.6) is 0 Å². The largest absolute Gasteiger partial charge is 0.348 e. The highest BCUT2D eigenvalue weighted by Gasteiger charge is 2.16. The van der Waals surface area contributed by atoms with Gasteiger partial charge in [0.25, 0.3) is 5.91 Å². The van der Waals surface area contributed by atoms with Crippen LogP contribution in [0.4, 0.5) is 5.69 Å². The molecular formula is C14H23N3O3S. The number of nitrogens with one attached hydrogen (secondary N) is 2. The fourth-order valence-corrected chi connectivity index (χ4v) is 2.51. The Morgan fingerprint density at radius 1 is 1.33 bits per heavy atom. The number of unbranched alkanes of at least 4 members (excludes halogenated alkanes) is 1. The Morgan fingerprint density at radius 2 is 2.00 bits per heavy atom. The molecule has 21 heavy (non-hydrogen) atoms. The number of rotatable bonds is 8. The van der Waals surface area contributed by atoms with E-state index in [1.165, 1.54) is 0 Å². The van der Waals surface area contributed by atoms with E-state index >= 15 is 0 Å². The van der Waals surface area contributed by atoms with Gasteiger partial charge in [0.15, 0.2) is 0 Å². The van der Waals surface area contributed by atoms with Crippen LogP contribution in [0.2, 0.25) is 0 Å². The van der Waals surface area contributed by atoms with E-state index in [-0.39, 0.29) is 23.2 Å². The fraction of sp³-hybridized carbons (Fsp3) is 0.500. The normalized spacial score (nSPS) is 12.7. The van der Waals surface area contributed by atoms with Gasteiger partial charge >= 0.3 is 0 Å². The highest BCUT2D eigenvalue weighted by Crippen LogP contribution is 2.16. The number of amides is 1. The SMILES string of the molecule is CCCCC(CN)NC(=O)c1ccccc1NS(C)(=O)=O. The molecule has 1 atom stereocenters. The minimum Gasteiger partial charge on any atom is -0.348 e. The van der Waals surface area contributed by atoms with Gasteiger partial charge < -0.3 is 11.1 Å². The molecule has 0 saturated carbocycles. The van der Waals surface area contributed by atoms with Gasteiger partial charge in [-0.25, -0.2) is 8.42 Å². The molecule has 1 aromatic rings. The van der Waals surface area contributed by atoms with Crippen molar-refractivity contribution in [2.24, 2.45) is 5.73 Å². The molecule has 0 aliphatic heterocycles. The van der Waals surface area contributed by atoms with E-state index in [0.29, 0.717) is 6.54 Å². The smallest absolute Gasteiger partial charge is 0.253 e. The molecule has 1 rings (SSSR count). The average Bonchev–Trinajstić information content (AvgIpc) is 2.42. The second kappa shape index (κ2) is 7.99. The van der Waals surface area contributed by atoms with Crippen molar-refractivity contribution < 1.29 is 13.2 Å². The van der Waals surface area contributed by atoms with Crippen LogP contribution in [0.25, 0.3) is 0 Å². The summed E-state index contributed by atoms with van der Waals surface area (Å²) in [6.45, 7) is 2.42. The first-order valence-electron chi connectivity index (χ1n) is 6.95. The first-order valence-corrected chi connectivity index (χ1v) is 8.84. The van der Waals surface area contributed by atoms with E-state index in [1.807, 2.05) is 0 Å². The van der Waals surface area contributed by atoms with E-state index in [2.05, 4.69) is 17.0 Å². The zero-order chi connectivity index (χ0) is 15.9. The van der Waals surface area contributed by atoms with Crippen molar-refractivity contribution in [1.82, 2.24) is 5.32 Å². The topological polar surface area (TPSA) is 101 Å². The number of benzene rings is 1.